The number of nitrogens with one attached hydrogen (secondary N) is 2. The molecule has 2 aliphatic heterocycles. The third kappa shape index (κ3) is 3.10. The van der Waals surface area contributed by atoms with Crippen molar-refractivity contribution in [3.8, 4) is 0 Å². The number of likely N-dealkylation sites (tertiary alicyclic amines) is 1. The van der Waals surface area contributed by atoms with Gasteiger partial charge in [0, 0.05) is 39.6 Å². The molecule has 3 N–H and O–H groups in total. The molecule has 0 aromatic heterocycles. The number of carbonyl (C=O) groups excluding carboxylic acids is 2. The number of carbonyl (C=O) groups is 3. The van der Waals surface area contributed by atoms with Crippen LogP contribution in [0.25, 0.3) is 0 Å². The minimum Gasteiger partial charge on any atom is -0.480 e. The van der Waals surface area contributed by atoms with Crippen LogP contribution < -0.4 is 10.6 Å². The molecule has 0 aromatic rings. The average molecular weight is 299 g/mol. The Labute approximate surface area is 122 Å². The number of likely N-dealkylation sites (N-methyl/N-ethyl adjacent to an activating group) is 1. The Morgan fingerprint density at radius 2 is 1.95 bits per heavy atom. The van der Waals surface area contributed by atoms with E-state index in [-0.39, 0.29) is 18.7 Å². The molecular formula is C13H21N3O5. The Hall–Kier alpha value is -1.83. The van der Waals surface area contributed by atoms with E-state index in [1.54, 1.807) is 0 Å². The molecule has 2 fully saturated rings. The monoisotopic (exact) mass is 299 g/mol. The van der Waals surface area contributed by atoms with E-state index < -0.39 is 23.6 Å². The lowest BCUT2D eigenvalue weighted by molar-refractivity contribution is -0.148. The molecule has 0 spiro atoms. The summed E-state index contributed by atoms with van der Waals surface area (Å²) in [5, 5.41) is 14.6. The van der Waals surface area contributed by atoms with Gasteiger partial charge in [0.2, 0.25) is 5.91 Å². The van der Waals surface area contributed by atoms with Gasteiger partial charge in [0.05, 0.1) is 0 Å². The number of aliphatic carboxylic acids is 1. The molecule has 118 valence electrons. The third-order valence-corrected chi connectivity index (χ3v) is 4.16. The summed E-state index contributed by atoms with van der Waals surface area (Å²) in [4.78, 5) is 37.1. The lowest BCUT2D eigenvalue weighted by Gasteiger charge is -2.36. The summed E-state index contributed by atoms with van der Waals surface area (Å²) in [6, 6.07) is -1.02. The second kappa shape index (κ2) is 6.30. The number of ether oxygens (including phenoxy) is 1. The third-order valence-electron chi connectivity index (χ3n) is 4.16. The Morgan fingerprint density at radius 3 is 2.52 bits per heavy atom. The number of hydrogen-bond donors (Lipinski definition) is 3. The molecule has 2 saturated heterocycles. The first kappa shape index (κ1) is 15.6. The van der Waals surface area contributed by atoms with Gasteiger partial charge in [-0.3, -0.25) is 4.79 Å². The van der Waals surface area contributed by atoms with Crippen molar-refractivity contribution >= 4 is 17.9 Å². The number of urea groups is 1. The van der Waals surface area contributed by atoms with Gasteiger partial charge >= 0.3 is 12.0 Å². The van der Waals surface area contributed by atoms with E-state index in [9.17, 15) is 19.5 Å². The van der Waals surface area contributed by atoms with Crippen molar-refractivity contribution in [2.75, 3.05) is 26.8 Å². The lowest BCUT2D eigenvalue weighted by atomic mass is 9.90. The fourth-order valence-electron chi connectivity index (χ4n) is 2.84. The maximum atomic E-state index is 12.4. The average Bonchev–Trinajstić information content (AvgIpc) is 2.96. The van der Waals surface area contributed by atoms with Crippen molar-refractivity contribution in [2.24, 2.45) is 0 Å². The highest BCUT2D eigenvalue weighted by atomic mass is 16.5. The zero-order valence-electron chi connectivity index (χ0n) is 12.1. The standard InChI is InChI=1S/C13H21N3O5/c1-14-10(17)9-3-2-6-16(9)12(20)15-13(11(18)19)4-7-21-8-5-13/h9H,2-8H2,1H3,(H,14,17)(H,15,20)(H,18,19). The second-order valence-corrected chi connectivity index (χ2v) is 5.40. The zero-order valence-corrected chi connectivity index (χ0v) is 12.1. The van der Waals surface area contributed by atoms with Gasteiger partial charge in [-0.05, 0) is 12.8 Å². The van der Waals surface area contributed by atoms with Gasteiger partial charge < -0.3 is 25.4 Å². The van der Waals surface area contributed by atoms with Gasteiger partial charge in [-0.25, -0.2) is 9.59 Å². The fourth-order valence-corrected chi connectivity index (χ4v) is 2.84. The minimum absolute atomic E-state index is 0.223. The van der Waals surface area contributed by atoms with Crippen LogP contribution in [0.5, 0.6) is 0 Å². The summed E-state index contributed by atoms with van der Waals surface area (Å²) < 4.78 is 5.17. The van der Waals surface area contributed by atoms with Gasteiger partial charge in [-0.1, -0.05) is 0 Å². The van der Waals surface area contributed by atoms with Crippen LogP contribution in [-0.4, -0.2) is 66.3 Å². The first-order valence-electron chi connectivity index (χ1n) is 7.12. The predicted molar refractivity (Wildman–Crippen MR) is 72.7 cm³/mol. The molecule has 21 heavy (non-hydrogen) atoms. The minimum atomic E-state index is -1.30. The Balaban J connectivity index is 2.08. The largest absolute Gasteiger partial charge is 0.480 e. The van der Waals surface area contributed by atoms with E-state index in [1.807, 2.05) is 0 Å². The van der Waals surface area contributed by atoms with Gasteiger partial charge in [0.1, 0.15) is 11.6 Å². The highest BCUT2D eigenvalue weighted by Crippen LogP contribution is 2.23. The molecule has 0 saturated carbocycles. The number of amides is 3. The quantitative estimate of drug-likeness (QED) is 0.653. The summed E-state index contributed by atoms with van der Waals surface area (Å²) >= 11 is 0. The second-order valence-electron chi connectivity index (χ2n) is 5.40. The molecule has 8 heteroatoms. The summed E-state index contributed by atoms with van der Waals surface area (Å²) in [6.45, 7) is 1.05. The Kier molecular flexibility index (Phi) is 4.66. The lowest BCUT2D eigenvalue weighted by Crippen LogP contribution is -2.61. The van der Waals surface area contributed by atoms with Crippen molar-refractivity contribution in [1.29, 1.82) is 0 Å². The van der Waals surface area contributed by atoms with Crippen molar-refractivity contribution in [3.63, 3.8) is 0 Å². The van der Waals surface area contributed by atoms with Crippen molar-refractivity contribution in [1.82, 2.24) is 15.5 Å². The van der Waals surface area contributed by atoms with E-state index in [1.165, 1.54) is 11.9 Å². The molecule has 0 aromatic carbocycles. The Morgan fingerprint density at radius 1 is 1.29 bits per heavy atom. The summed E-state index contributed by atoms with van der Waals surface area (Å²) in [5.41, 5.74) is -1.30. The maximum absolute atomic E-state index is 12.4. The SMILES string of the molecule is CNC(=O)C1CCCN1C(=O)NC1(C(=O)O)CCOCC1. The van der Waals surface area contributed by atoms with Crippen molar-refractivity contribution in [3.05, 3.63) is 0 Å². The van der Waals surface area contributed by atoms with Crippen LogP contribution in [-0.2, 0) is 14.3 Å². The maximum Gasteiger partial charge on any atom is 0.329 e. The molecule has 3 amide bonds. The molecule has 2 heterocycles. The number of carboxylic acid groups (broad SMARTS) is 1. The van der Waals surface area contributed by atoms with Crippen molar-refractivity contribution < 1.29 is 24.2 Å². The molecule has 2 aliphatic rings. The van der Waals surface area contributed by atoms with E-state index in [0.717, 1.165) is 6.42 Å². The van der Waals surface area contributed by atoms with Crippen LogP contribution in [0.3, 0.4) is 0 Å². The fraction of sp³-hybridized carbons (Fsp3) is 0.769. The number of rotatable bonds is 3. The molecule has 1 unspecified atom stereocenters. The van der Waals surface area contributed by atoms with E-state index in [2.05, 4.69) is 10.6 Å². The summed E-state index contributed by atoms with van der Waals surface area (Å²) in [7, 11) is 1.52. The Bertz CT molecular complexity index is 434. The first-order valence-corrected chi connectivity index (χ1v) is 7.12. The number of nitrogens with zero attached hydrogens (tertiary/aromatic N) is 1. The number of carboxylic acids is 1. The van der Waals surface area contributed by atoms with E-state index in [0.29, 0.717) is 26.2 Å². The molecule has 0 aliphatic carbocycles. The van der Waals surface area contributed by atoms with Gasteiger partial charge in [0.25, 0.3) is 0 Å². The van der Waals surface area contributed by atoms with E-state index >= 15 is 0 Å². The summed E-state index contributed by atoms with van der Waals surface area (Å²) in [6.07, 6.45) is 1.78. The molecule has 0 bridgehead atoms. The molecular weight excluding hydrogens is 278 g/mol. The molecule has 2 rings (SSSR count). The molecule has 8 nitrogen and oxygen atoms in total. The smallest absolute Gasteiger partial charge is 0.329 e. The van der Waals surface area contributed by atoms with Crippen molar-refractivity contribution in [2.45, 2.75) is 37.3 Å². The zero-order chi connectivity index (χ0) is 15.5. The van der Waals surface area contributed by atoms with Crippen LogP contribution >= 0.6 is 0 Å². The molecule has 0 radical (unpaired) electrons. The highest BCUT2D eigenvalue weighted by Gasteiger charge is 2.44. The van der Waals surface area contributed by atoms with Crippen LogP contribution in [0.15, 0.2) is 0 Å². The molecule has 1 atom stereocenters. The van der Waals surface area contributed by atoms with Gasteiger partial charge in [-0.2, -0.15) is 0 Å². The van der Waals surface area contributed by atoms with Crippen LogP contribution in [0.2, 0.25) is 0 Å². The van der Waals surface area contributed by atoms with Crippen LogP contribution in [0.1, 0.15) is 25.7 Å². The van der Waals surface area contributed by atoms with E-state index in [4.69, 9.17) is 4.74 Å². The normalized spacial score (nSPS) is 24.4. The summed E-state index contributed by atoms with van der Waals surface area (Å²) in [5.74, 6) is -1.28. The van der Waals surface area contributed by atoms with Crippen LogP contribution in [0, 0.1) is 0 Å². The number of hydrogen-bond acceptors (Lipinski definition) is 4. The topological polar surface area (TPSA) is 108 Å². The predicted octanol–water partition coefficient (Wildman–Crippen LogP) is -0.460. The van der Waals surface area contributed by atoms with Crippen LogP contribution in [0.4, 0.5) is 4.79 Å². The van der Waals surface area contributed by atoms with Gasteiger partial charge in [0.15, 0.2) is 0 Å². The first-order chi connectivity index (χ1) is 10.00. The van der Waals surface area contributed by atoms with Gasteiger partial charge in [-0.15, -0.1) is 0 Å². The highest BCUT2D eigenvalue weighted by molar-refractivity contribution is 5.90.